The Bertz CT molecular complexity index is 849. The Labute approximate surface area is 218 Å². The summed E-state index contributed by atoms with van der Waals surface area (Å²) in [5, 5.41) is 32.0. The molecule has 3 N–H and O–H groups in total. The van der Waals surface area contributed by atoms with Crippen LogP contribution < -0.4 is 0 Å². The number of aliphatic hydroxyl groups is 3. The molecule has 0 aromatic heterocycles. The third-order valence-electron chi connectivity index (χ3n) is 11.7. The molecule has 3 heterocycles. The topological polar surface area (TPSA) is 96.2 Å². The Hall–Kier alpha value is -0.530. The van der Waals surface area contributed by atoms with Gasteiger partial charge in [-0.3, -0.25) is 4.79 Å². The van der Waals surface area contributed by atoms with E-state index in [0.29, 0.717) is 43.3 Å². The van der Waals surface area contributed by atoms with Gasteiger partial charge in [-0.25, -0.2) is 0 Å². The molecule has 2 bridgehead atoms. The maximum atomic E-state index is 13.4. The molecule has 3 saturated heterocycles. The van der Waals surface area contributed by atoms with Crippen molar-refractivity contribution >= 4 is 5.78 Å². The van der Waals surface area contributed by atoms with E-state index in [1.807, 2.05) is 13.8 Å². The van der Waals surface area contributed by atoms with Gasteiger partial charge < -0.3 is 24.8 Å². The van der Waals surface area contributed by atoms with Gasteiger partial charge in [-0.1, -0.05) is 27.7 Å². The summed E-state index contributed by atoms with van der Waals surface area (Å²) >= 11 is 0. The first-order valence-electron chi connectivity index (χ1n) is 14.5. The molecule has 5 fully saturated rings. The molecule has 3 unspecified atom stereocenters. The summed E-state index contributed by atoms with van der Waals surface area (Å²) in [6, 6.07) is 0. The summed E-state index contributed by atoms with van der Waals surface area (Å²) in [6.07, 6.45) is 6.73. The van der Waals surface area contributed by atoms with Crippen LogP contribution in [0.5, 0.6) is 0 Å². The van der Waals surface area contributed by atoms with Crippen LogP contribution in [0.2, 0.25) is 0 Å². The molecule has 6 nitrogen and oxygen atoms in total. The molecule has 0 aromatic rings. The van der Waals surface area contributed by atoms with Crippen LogP contribution in [0.15, 0.2) is 0 Å². The molecule has 0 aromatic carbocycles. The first-order valence-corrected chi connectivity index (χ1v) is 14.5. The minimum Gasteiger partial charge on any atom is -0.390 e. The zero-order chi connectivity index (χ0) is 26.9. The van der Waals surface area contributed by atoms with Crippen LogP contribution in [0.3, 0.4) is 0 Å². The van der Waals surface area contributed by atoms with Crippen molar-refractivity contribution < 1.29 is 29.6 Å². The van der Waals surface area contributed by atoms with Gasteiger partial charge >= 0.3 is 0 Å². The summed E-state index contributed by atoms with van der Waals surface area (Å²) in [6.45, 7) is 16.2. The summed E-state index contributed by atoms with van der Waals surface area (Å²) in [4.78, 5) is 13.4. The second kappa shape index (κ2) is 9.01. The van der Waals surface area contributed by atoms with Gasteiger partial charge in [0.25, 0.3) is 0 Å². The molecule has 1 spiro atoms. The number of aliphatic hydroxyl groups excluding tert-OH is 1. The second-order valence-corrected chi connectivity index (χ2v) is 14.5. The van der Waals surface area contributed by atoms with Gasteiger partial charge in [0.2, 0.25) is 0 Å². The SMILES string of the molecule is C[C@H]1CCC(=O)[C@@](C)(CCC(O)C(C)(C)O)[C@H]1CC[C@]1(C)[C@@H](C)CC[C@@H]2OC3(O)CCC21OC3(C)C. The Morgan fingerprint density at radius 2 is 1.72 bits per heavy atom. The van der Waals surface area contributed by atoms with Crippen molar-refractivity contribution in [3.05, 3.63) is 0 Å². The monoisotopic (exact) mass is 508 g/mol. The quantitative estimate of drug-likeness (QED) is 0.440. The average molecular weight is 509 g/mol. The van der Waals surface area contributed by atoms with Crippen molar-refractivity contribution in [2.24, 2.45) is 28.6 Å². The summed E-state index contributed by atoms with van der Waals surface area (Å²) in [5.74, 6) is 0.138. The van der Waals surface area contributed by atoms with E-state index in [4.69, 9.17) is 9.47 Å². The van der Waals surface area contributed by atoms with Gasteiger partial charge in [-0.15, -0.1) is 0 Å². The molecule has 3 aliphatic heterocycles. The molecule has 0 radical (unpaired) electrons. The fraction of sp³-hybridized carbons (Fsp3) is 0.967. The van der Waals surface area contributed by atoms with Crippen LogP contribution in [0.1, 0.15) is 120 Å². The first kappa shape index (κ1) is 28.5. The number of hydrogen-bond donors (Lipinski definition) is 3. The fourth-order valence-electron chi connectivity index (χ4n) is 8.51. The molecule has 5 aliphatic rings. The lowest BCUT2D eigenvalue weighted by molar-refractivity contribution is -0.468. The molecular weight excluding hydrogens is 456 g/mol. The van der Waals surface area contributed by atoms with Gasteiger partial charge in [-0.05, 0) is 96.8 Å². The number of ether oxygens (including phenoxy) is 2. The standard InChI is InChI=1S/C30H52O6/c1-19-9-11-23(32)27(7,15-14-22(31)25(3,4)33)21(19)13-16-28(8)20(2)10-12-24-29(28)17-18-30(34,35-24)26(5,6)36-29/h19-22,24,31,33-34H,9-18H2,1-8H3/t19-,20-,21-,22?,24-,27-,28+,29?,30?/m0/s1. The molecule has 9 atom stereocenters. The molecule has 2 saturated carbocycles. The lowest BCUT2D eigenvalue weighted by Gasteiger charge is -2.70. The van der Waals surface area contributed by atoms with E-state index < -0.39 is 34.1 Å². The minimum atomic E-state index is -1.23. The molecule has 6 heteroatoms. The summed E-state index contributed by atoms with van der Waals surface area (Å²) in [7, 11) is 0. The number of ketones is 1. The Morgan fingerprint density at radius 1 is 1.06 bits per heavy atom. The zero-order valence-corrected chi connectivity index (χ0v) is 24.0. The van der Waals surface area contributed by atoms with Crippen molar-refractivity contribution in [3.63, 3.8) is 0 Å². The smallest absolute Gasteiger partial charge is 0.195 e. The number of carbonyl (C=O) groups excluding carboxylic acids is 1. The van der Waals surface area contributed by atoms with Gasteiger partial charge in [0.1, 0.15) is 17.0 Å². The third kappa shape index (κ3) is 4.22. The van der Waals surface area contributed by atoms with E-state index in [1.54, 1.807) is 13.8 Å². The van der Waals surface area contributed by atoms with Crippen molar-refractivity contribution in [3.8, 4) is 0 Å². The van der Waals surface area contributed by atoms with Gasteiger partial charge in [0, 0.05) is 23.7 Å². The van der Waals surface area contributed by atoms with E-state index in [-0.39, 0.29) is 17.4 Å². The molecule has 2 aliphatic carbocycles. The molecular formula is C30H52O6. The second-order valence-electron chi connectivity index (χ2n) is 14.5. The van der Waals surface area contributed by atoms with Crippen molar-refractivity contribution in [1.82, 2.24) is 0 Å². The van der Waals surface area contributed by atoms with E-state index in [2.05, 4.69) is 27.7 Å². The molecule has 5 rings (SSSR count). The highest BCUT2D eigenvalue weighted by Crippen LogP contribution is 2.65. The zero-order valence-electron chi connectivity index (χ0n) is 24.0. The van der Waals surface area contributed by atoms with E-state index >= 15 is 0 Å². The predicted molar refractivity (Wildman–Crippen MR) is 139 cm³/mol. The minimum absolute atomic E-state index is 0.107. The lowest BCUT2D eigenvalue weighted by Crippen LogP contribution is -2.78. The molecule has 0 amide bonds. The summed E-state index contributed by atoms with van der Waals surface area (Å²) < 4.78 is 13.3. The summed E-state index contributed by atoms with van der Waals surface area (Å²) in [5.41, 5.74) is -3.03. The van der Waals surface area contributed by atoms with Crippen LogP contribution in [0, 0.1) is 28.6 Å². The van der Waals surface area contributed by atoms with E-state index in [1.165, 1.54) is 0 Å². The lowest BCUT2D eigenvalue weighted by atomic mass is 9.50. The Kier molecular flexibility index (Phi) is 7.13. The Morgan fingerprint density at radius 3 is 2.33 bits per heavy atom. The van der Waals surface area contributed by atoms with Crippen LogP contribution >= 0.6 is 0 Å². The first-order chi connectivity index (χ1) is 16.4. The van der Waals surface area contributed by atoms with Crippen molar-refractivity contribution in [2.45, 2.75) is 154 Å². The maximum absolute atomic E-state index is 13.4. The van der Waals surface area contributed by atoms with Gasteiger partial charge in [-0.2, -0.15) is 0 Å². The maximum Gasteiger partial charge on any atom is 0.195 e. The van der Waals surface area contributed by atoms with Crippen molar-refractivity contribution in [1.29, 1.82) is 0 Å². The fourth-order valence-corrected chi connectivity index (χ4v) is 8.51. The third-order valence-corrected chi connectivity index (χ3v) is 11.7. The largest absolute Gasteiger partial charge is 0.390 e. The van der Waals surface area contributed by atoms with Crippen LogP contribution in [0.4, 0.5) is 0 Å². The molecule has 208 valence electrons. The van der Waals surface area contributed by atoms with Crippen LogP contribution in [-0.4, -0.2) is 55.9 Å². The van der Waals surface area contributed by atoms with Crippen LogP contribution in [-0.2, 0) is 14.3 Å². The van der Waals surface area contributed by atoms with E-state index in [9.17, 15) is 20.1 Å². The van der Waals surface area contributed by atoms with Crippen LogP contribution in [0.25, 0.3) is 0 Å². The van der Waals surface area contributed by atoms with Gasteiger partial charge in [0.05, 0.1) is 17.8 Å². The molecule has 36 heavy (non-hydrogen) atoms. The highest BCUT2D eigenvalue weighted by Gasteiger charge is 2.72. The highest BCUT2D eigenvalue weighted by atomic mass is 16.7. The average Bonchev–Trinajstić information content (AvgIpc) is 2.77. The normalized spacial score (nSPS) is 47.5. The number of Topliss-reactive ketones (excluding diaryl/α,β-unsaturated/α-hetero) is 1. The Balaban J connectivity index is 1.59. The number of carbonyl (C=O) groups is 1. The predicted octanol–water partition coefficient (Wildman–Crippen LogP) is 5.15. The number of fused-ring (bicyclic) bond motifs is 2. The number of hydrogen-bond acceptors (Lipinski definition) is 6. The number of rotatable bonds is 7. The van der Waals surface area contributed by atoms with Gasteiger partial charge in [0.15, 0.2) is 5.79 Å². The van der Waals surface area contributed by atoms with Crippen molar-refractivity contribution in [2.75, 3.05) is 0 Å². The van der Waals surface area contributed by atoms with E-state index in [0.717, 1.165) is 38.5 Å². The highest BCUT2D eigenvalue weighted by molar-refractivity contribution is 5.85.